The van der Waals surface area contributed by atoms with Crippen LogP contribution in [-0.4, -0.2) is 16.2 Å². The molecule has 1 aromatic heterocycles. The third-order valence-electron chi connectivity index (χ3n) is 3.82. The molecule has 1 aromatic rings. The number of aromatic nitrogens is 2. The molecule has 2 saturated carbocycles. The summed E-state index contributed by atoms with van der Waals surface area (Å²) in [5.41, 5.74) is 0. The number of nitrogens with zero attached hydrogens (tertiary/aromatic N) is 2. The first-order valence-corrected chi connectivity index (χ1v) is 5.84. The van der Waals surface area contributed by atoms with Crippen LogP contribution in [0.4, 0.5) is 0 Å². The van der Waals surface area contributed by atoms with Gasteiger partial charge in [-0.2, -0.15) is 4.98 Å². The van der Waals surface area contributed by atoms with E-state index in [0.29, 0.717) is 6.04 Å². The molecule has 3 unspecified atom stereocenters. The van der Waals surface area contributed by atoms with E-state index < -0.39 is 0 Å². The first-order valence-electron chi connectivity index (χ1n) is 5.84. The maximum atomic E-state index is 5.08. The predicted octanol–water partition coefficient (Wildman–Crippen LogP) is 1.66. The molecule has 3 rings (SSSR count). The molecule has 0 aliphatic heterocycles. The third-order valence-corrected chi connectivity index (χ3v) is 3.82. The van der Waals surface area contributed by atoms with Gasteiger partial charge in [0.1, 0.15) is 0 Å². The van der Waals surface area contributed by atoms with Crippen molar-refractivity contribution in [1.82, 2.24) is 15.5 Å². The summed E-state index contributed by atoms with van der Waals surface area (Å²) in [6.07, 6.45) is 5.63. The van der Waals surface area contributed by atoms with Gasteiger partial charge in [-0.05, 0) is 38.0 Å². The molecular formula is C11H17N3O. The minimum absolute atomic E-state index is 0.691. The number of aryl methyl sites for hydroxylation is 1. The fourth-order valence-electron chi connectivity index (χ4n) is 3.12. The van der Waals surface area contributed by atoms with Gasteiger partial charge >= 0.3 is 0 Å². The van der Waals surface area contributed by atoms with Crippen molar-refractivity contribution in [1.29, 1.82) is 0 Å². The quantitative estimate of drug-likeness (QED) is 0.819. The first kappa shape index (κ1) is 9.33. The molecule has 3 atom stereocenters. The Morgan fingerprint density at radius 3 is 2.93 bits per heavy atom. The van der Waals surface area contributed by atoms with Gasteiger partial charge in [0.2, 0.25) is 5.89 Å². The Labute approximate surface area is 89.4 Å². The molecule has 0 saturated heterocycles. The van der Waals surface area contributed by atoms with Gasteiger partial charge in [0.15, 0.2) is 5.82 Å². The van der Waals surface area contributed by atoms with E-state index in [1.807, 2.05) is 6.92 Å². The van der Waals surface area contributed by atoms with Crippen LogP contribution in [0.3, 0.4) is 0 Å². The monoisotopic (exact) mass is 207 g/mol. The summed E-state index contributed by atoms with van der Waals surface area (Å²) < 4.78 is 5.08. The summed E-state index contributed by atoms with van der Waals surface area (Å²) in [6, 6.07) is 0.691. The Balaban J connectivity index is 1.54. The van der Waals surface area contributed by atoms with Crippen LogP contribution in [0.1, 0.15) is 37.4 Å². The predicted molar refractivity (Wildman–Crippen MR) is 55.1 cm³/mol. The summed E-state index contributed by atoms with van der Waals surface area (Å²) >= 11 is 0. The zero-order chi connectivity index (χ0) is 10.3. The lowest BCUT2D eigenvalue weighted by molar-refractivity contribution is 0.314. The highest BCUT2D eigenvalue weighted by Gasteiger charge is 2.39. The van der Waals surface area contributed by atoms with Crippen molar-refractivity contribution in [3.8, 4) is 0 Å². The molecule has 2 aliphatic carbocycles. The van der Waals surface area contributed by atoms with Crippen LogP contribution in [0.2, 0.25) is 0 Å². The zero-order valence-corrected chi connectivity index (χ0v) is 9.07. The highest BCUT2D eigenvalue weighted by molar-refractivity contribution is 4.95. The maximum Gasteiger partial charge on any atom is 0.240 e. The van der Waals surface area contributed by atoms with Crippen molar-refractivity contribution in [2.75, 3.05) is 0 Å². The standard InChI is InChI=1S/C11H17N3O/c1-7-13-11(15-14-7)6-12-10-5-8-2-3-9(10)4-8/h8-10,12H,2-6H2,1H3. The molecular weight excluding hydrogens is 190 g/mol. The van der Waals surface area contributed by atoms with Crippen LogP contribution in [0, 0.1) is 18.8 Å². The number of nitrogens with one attached hydrogen (secondary N) is 1. The van der Waals surface area contributed by atoms with Gasteiger partial charge in [-0.25, -0.2) is 0 Å². The minimum atomic E-state index is 0.691. The third kappa shape index (κ3) is 1.78. The van der Waals surface area contributed by atoms with Gasteiger partial charge in [-0.1, -0.05) is 11.6 Å². The average Bonchev–Trinajstić information content (AvgIpc) is 2.90. The number of hydrogen-bond acceptors (Lipinski definition) is 4. The van der Waals surface area contributed by atoms with Crippen molar-refractivity contribution < 1.29 is 4.52 Å². The zero-order valence-electron chi connectivity index (χ0n) is 9.07. The first-order chi connectivity index (χ1) is 7.31. The lowest BCUT2D eigenvalue weighted by atomic mass is 9.95. The summed E-state index contributed by atoms with van der Waals surface area (Å²) in [6.45, 7) is 2.58. The van der Waals surface area contributed by atoms with E-state index in [-0.39, 0.29) is 0 Å². The Kier molecular flexibility index (Phi) is 2.24. The lowest BCUT2D eigenvalue weighted by Crippen LogP contribution is -2.33. The Bertz CT molecular complexity index is 349. The number of fused-ring (bicyclic) bond motifs is 2. The van der Waals surface area contributed by atoms with Crippen molar-refractivity contribution in [3.05, 3.63) is 11.7 Å². The van der Waals surface area contributed by atoms with E-state index in [0.717, 1.165) is 30.1 Å². The van der Waals surface area contributed by atoms with Crippen LogP contribution >= 0.6 is 0 Å². The summed E-state index contributed by atoms with van der Waals surface area (Å²) in [7, 11) is 0. The van der Waals surface area contributed by atoms with E-state index in [4.69, 9.17) is 4.52 Å². The highest BCUT2D eigenvalue weighted by Crippen LogP contribution is 2.44. The fraction of sp³-hybridized carbons (Fsp3) is 0.818. The Hall–Kier alpha value is -0.900. The van der Waals surface area contributed by atoms with Gasteiger partial charge in [0, 0.05) is 6.04 Å². The van der Waals surface area contributed by atoms with Gasteiger partial charge in [-0.3, -0.25) is 0 Å². The molecule has 82 valence electrons. The maximum absolute atomic E-state index is 5.08. The number of rotatable bonds is 3. The molecule has 1 N–H and O–H groups in total. The number of hydrogen-bond donors (Lipinski definition) is 1. The molecule has 2 fully saturated rings. The van der Waals surface area contributed by atoms with Crippen molar-refractivity contribution in [2.45, 2.75) is 45.2 Å². The molecule has 1 heterocycles. The van der Waals surface area contributed by atoms with Gasteiger partial charge in [-0.15, -0.1) is 0 Å². The topological polar surface area (TPSA) is 51.0 Å². The van der Waals surface area contributed by atoms with Gasteiger partial charge < -0.3 is 9.84 Å². The lowest BCUT2D eigenvalue weighted by Gasteiger charge is -2.21. The van der Waals surface area contributed by atoms with Crippen LogP contribution in [0.5, 0.6) is 0 Å². The van der Waals surface area contributed by atoms with E-state index in [1.54, 1.807) is 0 Å². The average molecular weight is 207 g/mol. The molecule has 0 radical (unpaired) electrons. The SMILES string of the molecule is Cc1noc(CNC2CC3CCC2C3)n1. The van der Waals surface area contributed by atoms with E-state index >= 15 is 0 Å². The van der Waals surface area contributed by atoms with Crippen LogP contribution in [0.25, 0.3) is 0 Å². The molecule has 4 heteroatoms. The van der Waals surface area contributed by atoms with E-state index in [2.05, 4.69) is 15.5 Å². The second kappa shape index (κ2) is 3.59. The second-order valence-corrected chi connectivity index (χ2v) is 4.90. The van der Waals surface area contributed by atoms with Gasteiger partial charge in [0.25, 0.3) is 0 Å². The molecule has 0 aromatic carbocycles. The second-order valence-electron chi connectivity index (χ2n) is 4.90. The Morgan fingerprint density at radius 1 is 1.40 bits per heavy atom. The summed E-state index contributed by atoms with van der Waals surface area (Å²) in [5.74, 6) is 3.32. The molecule has 0 amide bonds. The summed E-state index contributed by atoms with van der Waals surface area (Å²) in [5, 5.41) is 7.33. The van der Waals surface area contributed by atoms with Gasteiger partial charge in [0.05, 0.1) is 6.54 Å². The molecule has 0 spiro atoms. The minimum Gasteiger partial charge on any atom is -0.338 e. The summed E-state index contributed by atoms with van der Waals surface area (Å²) in [4.78, 5) is 4.19. The van der Waals surface area contributed by atoms with Crippen molar-refractivity contribution >= 4 is 0 Å². The normalized spacial score (nSPS) is 33.8. The van der Waals surface area contributed by atoms with E-state index in [9.17, 15) is 0 Å². The molecule has 4 nitrogen and oxygen atoms in total. The highest BCUT2D eigenvalue weighted by atomic mass is 16.5. The van der Waals surface area contributed by atoms with Crippen molar-refractivity contribution in [2.24, 2.45) is 11.8 Å². The van der Waals surface area contributed by atoms with Crippen LogP contribution < -0.4 is 5.32 Å². The fourth-order valence-corrected chi connectivity index (χ4v) is 3.12. The smallest absolute Gasteiger partial charge is 0.240 e. The molecule has 15 heavy (non-hydrogen) atoms. The molecule has 2 aliphatic rings. The van der Waals surface area contributed by atoms with Crippen molar-refractivity contribution in [3.63, 3.8) is 0 Å². The van der Waals surface area contributed by atoms with E-state index in [1.165, 1.54) is 25.7 Å². The Morgan fingerprint density at radius 2 is 2.33 bits per heavy atom. The van der Waals surface area contributed by atoms with Crippen LogP contribution in [-0.2, 0) is 6.54 Å². The largest absolute Gasteiger partial charge is 0.338 e. The molecule has 2 bridgehead atoms. The van der Waals surface area contributed by atoms with Crippen LogP contribution in [0.15, 0.2) is 4.52 Å².